The molecule has 0 unspecified atom stereocenters. The van der Waals surface area contributed by atoms with Crippen molar-refractivity contribution in [3.05, 3.63) is 53.8 Å². The second-order valence-electron chi connectivity index (χ2n) is 7.03. The number of nitrogens with one attached hydrogen (secondary N) is 1. The van der Waals surface area contributed by atoms with Gasteiger partial charge in [0.15, 0.2) is 5.82 Å². The van der Waals surface area contributed by atoms with E-state index in [0.29, 0.717) is 12.2 Å². The highest BCUT2D eigenvalue weighted by atomic mass is 16.5. The van der Waals surface area contributed by atoms with Gasteiger partial charge in [-0.15, -0.1) is 0 Å². The highest BCUT2D eigenvalue weighted by Crippen LogP contribution is 2.24. The monoisotopic (exact) mass is 326 g/mol. The summed E-state index contributed by atoms with van der Waals surface area (Å²) < 4.78 is 5.26. The number of nitrogens with zero attached hydrogens (tertiary/aromatic N) is 1. The summed E-state index contributed by atoms with van der Waals surface area (Å²) >= 11 is 0. The molecule has 0 aliphatic carbocycles. The Morgan fingerprint density at radius 3 is 2.54 bits per heavy atom. The molecule has 4 nitrogen and oxygen atoms in total. The van der Waals surface area contributed by atoms with E-state index in [2.05, 4.69) is 41.3 Å². The lowest BCUT2D eigenvalue weighted by Gasteiger charge is -2.12. The van der Waals surface area contributed by atoms with Gasteiger partial charge in [0.2, 0.25) is 5.91 Å². The minimum Gasteiger partial charge on any atom is -0.359 e. The average Bonchev–Trinajstić information content (AvgIpc) is 3.01. The van der Waals surface area contributed by atoms with Gasteiger partial charge in [-0.2, -0.15) is 0 Å². The Balaban J connectivity index is 1.71. The van der Waals surface area contributed by atoms with Gasteiger partial charge in [-0.1, -0.05) is 62.8 Å². The minimum absolute atomic E-state index is 0.0224. The SMILES string of the molecule is C=Cc1ccc(CCCCC(=O)Nc2cc(C(C)(C)C)on2)cc1. The van der Waals surface area contributed by atoms with E-state index in [4.69, 9.17) is 4.52 Å². The number of unbranched alkanes of at least 4 members (excludes halogenated alkanes) is 1. The van der Waals surface area contributed by atoms with Crippen LogP contribution in [-0.2, 0) is 16.6 Å². The smallest absolute Gasteiger partial charge is 0.225 e. The summed E-state index contributed by atoms with van der Waals surface area (Å²) in [4.78, 5) is 12.0. The average molecular weight is 326 g/mol. The Morgan fingerprint density at radius 1 is 1.25 bits per heavy atom. The molecule has 24 heavy (non-hydrogen) atoms. The molecule has 1 heterocycles. The van der Waals surface area contributed by atoms with Crippen LogP contribution in [0.2, 0.25) is 0 Å². The summed E-state index contributed by atoms with van der Waals surface area (Å²) in [6.07, 6.45) is 5.13. The van der Waals surface area contributed by atoms with Gasteiger partial charge in [0.05, 0.1) is 0 Å². The molecule has 1 aromatic heterocycles. The van der Waals surface area contributed by atoms with Crippen molar-refractivity contribution in [3.63, 3.8) is 0 Å². The molecule has 0 aliphatic rings. The summed E-state index contributed by atoms with van der Waals surface area (Å²) in [5.41, 5.74) is 2.30. The van der Waals surface area contributed by atoms with Crippen LogP contribution in [0.25, 0.3) is 6.08 Å². The highest BCUT2D eigenvalue weighted by Gasteiger charge is 2.20. The number of carbonyl (C=O) groups excluding carboxylic acids is 1. The topological polar surface area (TPSA) is 55.1 Å². The summed E-state index contributed by atoms with van der Waals surface area (Å²) in [6.45, 7) is 9.88. The van der Waals surface area contributed by atoms with E-state index in [1.807, 2.05) is 26.8 Å². The number of anilines is 1. The minimum atomic E-state index is -0.114. The van der Waals surface area contributed by atoms with Crippen molar-refractivity contribution in [2.24, 2.45) is 0 Å². The quantitative estimate of drug-likeness (QED) is 0.731. The predicted octanol–water partition coefficient (Wildman–Crippen LogP) is 4.97. The van der Waals surface area contributed by atoms with E-state index < -0.39 is 0 Å². The number of amides is 1. The molecule has 0 radical (unpaired) electrons. The van der Waals surface area contributed by atoms with E-state index in [1.165, 1.54) is 5.56 Å². The first-order chi connectivity index (χ1) is 11.4. The normalized spacial score (nSPS) is 11.3. The van der Waals surface area contributed by atoms with Crippen molar-refractivity contribution in [3.8, 4) is 0 Å². The van der Waals surface area contributed by atoms with Gasteiger partial charge in [0.25, 0.3) is 0 Å². The van der Waals surface area contributed by atoms with E-state index in [1.54, 1.807) is 6.07 Å². The number of aryl methyl sites for hydroxylation is 1. The van der Waals surface area contributed by atoms with Crippen LogP contribution in [0.5, 0.6) is 0 Å². The maximum Gasteiger partial charge on any atom is 0.225 e. The second kappa shape index (κ2) is 7.95. The zero-order valence-corrected chi connectivity index (χ0v) is 14.8. The predicted molar refractivity (Wildman–Crippen MR) is 97.9 cm³/mol. The van der Waals surface area contributed by atoms with Gasteiger partial charge in [0, 0.05) is 17.9 Å². The lowest BCUT2D eigenvalue weighted by Crippen LogP contribution is -2.12. The number of benzene rings is 1. The Bertz CT molecular complexity index is 678. The number of hydrogen-bond donors (Lipinski definition) is 1. The molecule has 1 amide bonds. The molecule has 128 valence electrons. The molecule has 0 saturated heterocycles. The fraction of sp³-hybridized carbons (Fsp3) is 0.400. The van der Waals surface area contributed by atoms with Crippen LogP contribution in [-0.4, -0.2) is 11.1 Å². The van der Waals surface area contributed by atoms with Crippen LogP contribution in [0, 0.1) is 0 Å². The van der Waals surface area contributed by atoms with Gasteiger partial charge in [-0.3, -0.25) is 4.79 Å². The number of carbonyl (C=O) groups is 1. The molecule has 0 atom stereocenters. The second-order valence-corrected chi connectivity index (χ2v) is 7.03. The van der Waals surface area contributed by atoms with E-state index in [-0.39, 0.29) is 11.3 Å². The van der Waals surface area contributed by atoms with Crippen LogP contribution >= 0.6 is 0 Å². The molecule has 4 heteroatoms. The van der Waals surface area contributed by atoms with Crippen molar-refractivity contribution in [1.29, 1.82) is 0 Å². The van der Waals surface area contributed by atoms with E-state index >= 15 is 0 Å². The number of rotatable bonds is 7. The third-order valence-electron chi connectivity index (χ3n) is 3.85. The van der Waals surface area contributed by atoms with E-state index in [9.17, 15) is 4.79 Å². The van der Waals surface area contributed by atoms with Crippen LogP contribution < -0.4 is 5.32 Å². The number of hydrogen-bond acceptors (Lipinski definition) is 3. The Labute approximate surface area is 143 Å². The lowest BCUT2D eigenvalue weighted by atomic mass is 9.93. The molecule has 0 saturated carbocycles. The van der Waals surface area contributed by atoms with Gasteiger partial charge in [0.1, 0.15) is 5.76 Å². The molecule has 1 aromatic carbocycles. The first-order valence-corrected chi connectivity index (χ1v) is 8.37. The van der Waals surface area contributed by atoms with Gasteiger partial charge >= 0.3 is 0 Å². The Morgan fingerprint density at radius 2 is 1.96 bits per heavy atom. The van der Waals surface area contributed by atoms with Crippen molar-refractivity contribution >= 4 is 17.8 Å². The van der Waals surface area contributed by atoms with Crippen LogP contribution in [0.3, 0.4) is 0 Å². The first-order valence-electron chi connectivity index (χ1n) is 8.37. The van der Waals surface area contributed by atoms with Gasteiger partial charge in [-0.25, -0.2) is 0 Å². The van der Waals surface area contributed by atoms with Crippen molar-refractivity contribution in [1.82, 2.24) is 5.16 Å². The molecule has 2 rings (SSSR count). The summed E-state index contributed by atoms with van der Waals surface area (Å²) in [5, 5.41) is 6.69. The number of aromatic nitrogens is 1. The fourth-order valence-corrected chi connectivity index (χ4v) is 2.33. The van der Waals surface area contributed by atoms with Crippen LogP contribution in [0.1, 0.15) is 56.9 Å². The Hall–Kier alpha value is -2.36. The van der Waals surface area contributed by atoms with Gasteiger partial charge in [-0.05, 0) is 30.4 Å². The summed E-state index contributed by atoms with van der Waals surface area (Å²) in [7, 11) is 0. The van der Waals surface area contributed by atoms with E-state index in [0.717, 1.165) is 30.6 Å². The first kappa shape index (κ1) is 18.0. The van der Waals surface area contributed by atoms with Crippen LogP contribution in [0.4, 0.5) is 5.82 Å². The maximum absolute atomic E-state index is 12.0. The largest absolute Gasteiger partial charge is 0.359 e. The van der Waals surface area contributed by atoms with Crippen molar-refractivity contribution in [2.45, 2.75) is 51.9 Å². The standard InChI is InChI=1S/C20H26N2O2/c1-5-15-10-12-16(13-11-15)8-6-7-9-19(23)21-18-14-17(24-22-18)20(2,3)4/h5,10-14H,1,6-9H2,2-4H3,(H,21,22,23). The Kier molecular flexibility index (Phi) is 5.96. The zero-order chi connectivity index (χ0) is 17.6. The summed E-state index contributed by atoms with van der Waals surface area (Å²) in [5.74, 6) is 1.23. The third-order valence-corrected chi connectivity index (χ3v) is 3.85. The molecule has 2 aromatic rings. The molecule has 1 N–H and O–H groups in total. The van der Waals surface area contributed by atoms with Crippen LogP contribution in [0.15, 0.2) is 41.4 Å². The fourth-order valence-electron chi connectivity index (χ4n) is 2.33. The van der Waals surface area contributed by atoms with Gasteiger partial charge < -0.3 is 9.84 Å². The molecule has 0 fully saturated rings. The molecule has 0 bridgehead atoms. The molecule has 0 aliphatic heterocycles. The van der Waals surface area contributed by atoms with Crippen molar-refractivity contribution < 1.29 is 9.32 Å². The molecule has 0 spiro atoms. The zero-order valence-electron chi connectivity index (χ0n) is 14.8. The highest BCUT2D eigenvalue weighted by molar-refractivity contribution is 5.89. The maximum atomic E-state index is 12.0. The third kappa shape index (κ3) is 5.37. The van der Waals surface area contributed by atoms with Crippen molar-refractivity contribution in [2.75, 3.05) is 5.32 Å². The summed E-state index contributed by atoms with van der Waals surface area (Å²) in [6, 6.07) is 10.1. The molecular weight excluding hydrogens is 300 g/mol. The lowest BCUT2D eigenvalue weighted by molar-refractivity contribution is -0.116. The molecular formula is C20H26N2O2.